The number of aryl methyl sites for hydroxylation is 4. The van der Waals surface area contributed by atoms with Crippen LogP contribution in [0.3, 0.4) is 0 Å². The van der Waals surface area contributed by atoms with Gasteiger partial charge >= 0.3 is 0 Å². The van der Waals surface area contributed by atoms with Crippen molar-refractivity contribution in [2.75, 3.05) is 5.32 Å². The van der Waals surface area contributed by atoms with Gasteiger partial charge in [0.2, 0.25) is 0 Å². The van der Waals surface area contributed by atoms with Crippen LogP contribution in [-0.4, -0.2) is 19.9 Å². The molecular weight excluding hydrogens is 306 g/mol. The molecule has 0 aromatic carbocycles. The number of fused-ring (bicyclic) bond motifs is 2. The van der Waals surface area contributed by atoms with Gasteiger partial charge in [0.05, 0.1) is 22.1 Å². The van der Waals surface area contributed by atoms with Gasteiger partial charge in [-0.05, 0) is 51.7 Å². The fraction of sp³-hybridized carbons (Fsp3) is 0.412. The van der Waals surface area contributed by atoms with Crippen molar-refractivity contribution in [3.05, 3.63) is 39.2 Å². The van der Waals surface area contributed by atoms with Gasteiger partial charge in [-0.25, -0.2) is 19.9 Å². The monoisotopic (exact) mass is 325 g/mol. The Morgan fingerprint density at radius 3 is 2.91 bits per heavy atom. The van der Waals surface area contributed by atoms with Crippen molar-refractivity contribution in [1.82, 2.24) is 19.9 Å². The first-order valence-electron chi connectivity index (χ1n) is 7.93. The Hall–Kier alpha value is -2.08. The second-order valence-corrected chi connectivity index (χ2v) is 7.42. The molecule has 1 aliphatic rings. The average molecular weight is 325 g/mol. The van der Waals surface area contributed by atoms with E-state index in [1.165, 1.54) is 17.0 Å². The summed E-state index contributed by atoms with van der Waals surface area (Å²) in [5.41, 5.74) is 4.09. The molecule has 118 valence electrons. The molecule has 0 amide bonds. The third kappa shape index (κ3) is 2.57. The molecule has 0 saturated heterocycles. The third-order valence-electron chi connectivity index (χ3n) is 4.30. The van der Waals surface area contributed by atoms with Crippen molar-refractivity contribution in [3.63, 3.8) is 0 Å². The molecule has 1 N–H and O–H groups in total. The highest BCUT2D eigenvalue weighted by atomic mass is 32.1. The van der Waals surface area contributed by atoms with E-state index in [0.29, 0.717) is 0 Å². The molecule has 4 rings (SSSR count). The van der Waals surface area contributed by atoms with Crippen molar-refractivity contribution in [1.29, 1.82) is 0 Å². The van der Waals surface area contributed by atoms with Crippen LogP contribution in [0.2, 0.25) is 0 Å². The van der Waals surface area contributed by atoms with Crippen LogP contribution in [0, 0.1) is 20.8 Å². The maximum atomic E-state index is 4.74. The molecule has 0 unspecified atom stereocenters. The Labute approximate surface area is 139 Å². The van der Waals surface area contributed by atoms with Gasteiger partial charge in [0.25, 0.3) is 0 Å². The molecule has 0 fully saturated rings. The topological polar surface area (TPSA) is 63.6 Å². The summed E-state index contributed by atoms with van der Waals surface area (Å²) in [6, 6.07) is 2.30. The van der Waals surface area contributed by atoms with E-state index in [1.54, 1.807) is 6.33 Å². The lowest BCUT2D eigenvalue weighted by atomic mass is 9.97. The zero-order chi connectivity index (χ0) is 16.0. The van der Waals surface area contributed by atoms with Crippen molar-refractivity contribution in [2.45, 2.75) is 46.1 Å². The molecule has 3 aromatic rings. The van der Waals surface area contributed by atoms with Gasteiger partial charge in [0.15, 0.2) is 5.65 Å². The number of hydrogen-bond acceptors (Lipinski definition) is 6. The molecule has 5 nitrogen and oxygen atoms in total. The van der Waals surface area contributed by atoms with E-state index in [1.807, 2.05) is 18.3 Å². The number of aromatic nitrogens is 4. The molecule has 1 aliphatic carbocycles. The quantitative estimate of drug-likeness (QED) is 0.774. The average Bonchev–Trinajstić information content (AvgIpc) is 2.88. The smallest absolute Gasteiger partial charge is 0.165 e. The fourth-order valence-corrected chi connectivity index (χ4v) is 4.40. The van der Waals surface area contributed by atoms with Crippen LogP contribution in [0.15, 0.2) is 12.4 Å². The first-order chi connectivity index (χ1) is 11.1. The highest BCUT2D eigenvalue weighted by molar-refractivity contribution is 7.11. The highest BCUT2D eigenvalue weighted by Crippen LogP contribution is 2.36. The summed E-state index contributed by atoms with van der Waals surface area (Å²) in [4.78, 5) is 19.5. The lowest BCUT2D eigenvalue weighted by molar-refractivity contribution is 0.592. The van der Waals surface area contributed by atoms with E-state index in [-0.39, 0.29) is 6.04 Å². The lowest BCUT2D eigenvalue weighted by Crippen LogP contribution is -2.18. The molecule has 0 radical (unpaired) electrons. The summed E-state index contributed by atoms with van der Waals surface area (Å²) in [6.07, 6.45) is 5.00. The van der Waals surface area contributed by atoms with E-state index >= 15 is 0 Å². The van der Waals surface area contributed by atoms with E-state index in [0.717, 1.165) is 46.0 Å². The molecule has 0 saturated carbocycles. The summed E-state index contributed by atoms with van der Waals surface area (Å²) in [6.45, 7) is 6.16. The van der Waals surface area contributed by atoms with Crippen LogP contribution < -0.4 is 5.32 Å². The Bertz CT molecular complexity index is 886. The molecule has 0 spiro atoms. The van der Waals surface area contributed by atoms with Gasteiger partial charge < -0.3 is 5.32 Å². The molecule has 6 heteroatoms. The molecule has 3 aromatic heterocycles. The second kappa shape index (κ2) is 5.53. The predicted octanol–water partition coefficient (Wildman–Crippen LogP) is 3.90. The van der Waals surface area contributed by atoms with Gasteiger partial charge in [-0.2, -0.15) is 0 Å². The van der Waals surface area contributed by atoms with Crippen LogP contribution in [-0.2, 0) is 6.42 Å². The Balaban J connectivity index is 1.77. The molecule has 3 heterocycles. The van der Waals surface area contributed by atoms with E-state index in [9.17, 15) is 0 Å². The van der Waals surface area contributed by atoms with Crippen LogP contribution in [0.4, 0.5) is 5.82 Å². The van der Waals surface area contributed by atoms with Crippen LogP contribution in [0.25, 0.3) is 11.0 Å². The number of nitrogens with one attached hydrogen (secondary N) is 1. The maximum absolute atomic E-state index is 4.74. The van der Waals surface area contributed by atoms with Gasteiger partial charge in [0.1, 0.15) is 12.1 Å². The minimum Gasteiger partial charge on any atom is -0.361 e. The SMILES string of the molecule is Cc1cc(C)c2c(N[C@@H]3CCCc4sc(C)nc43)ncnc2n1. The van der Waals surface area contributed by atoms with Crippen molar-refractivity contribution in [3.8, 4) is 0 Å². The maximum Gasteiger partial charge on any atom is 0.165 e. The van der Waals surface area contributed by atoms with Crippen LogP contribution in [0.1, 0.15) is 45.7 Å². The molecule has 0 aliphatic heterocycles. The summed E-state index contributed by atoms with van der Waals surface area (Å²) in [5.74, 6) is 0.864. The number of thiazole rings is 1. The van der Waals surface area contributed by atoms with Crippen LogP contribution >= 0.6 is 11.3 Å². The second-order valence-electron chi connectivity index (χ2n) is 6.13. The lowest BCUT2D eigenvalue weighted by Gasteiger charge is -2.23. The molecule has 1 atom stereocenters. The zero-order valence-electron chi connectivity index (χ0n) is 13.6. The van der Waals surface area contributed by atoms with Crippen molar-refractivity contribution in [2.24, 2.45) is 0 Å². The van der Waals surface area contributed by atoms with Gasteiger partial charge in [-0.1, -0.05) is 0 Å². The first kappa shape index (κ1) is 14.5. The fourth-order valence-electron chi connectivity index (χ4n) is 3.36. The number of hydrogen-bond donors (Lipinski definition) is 1. The van der Waals surface area contributed by atoms with E-state index < -0.39 is 0 Å². The van der Waals surface area contributed by atoms with Gasteiger partial charge in [-0.15, -0.1) is 11.3 Å². The van der Waals surface area contributed by atoms with Gasteiger partial charge in [-0.3, -0.25) is 0 Å². The number of rotatable bonds is 2. The van der Waals surface area contributed by atoms with Crippen LogP contribution in [0.5, 0.6) is 0 Å². The predicted molar refractivity (Wildman–Crippen MR) is 93.0 cm³/mol. The minimum atomic E-state index is 0.225. The molecule has 23 heavy (non-hydrogen) atoms. The number of pyridine rings is 1. The first-order valence-corrected chi connectivity index (χ1v) is 8.75. The van der Waals surface area contributed by atoms with Crippen molar-refractivity contribution < 1.29 is 0 Å². The number of anilines is 1. The normalized spacial score (nSPS) is 17.3. The van der Waals surface area contributed by atoms with E-state index in [2.05, 4.69) is 40.2 Å². The van der Waals surface area contributed by atoms with Gasteiger partial charge in [0, 0.05) is 10.6 Å². The highest BCUT2D eigenvalue weighted by Gasteiger charge is 2.25. The molecular formula is C17H19N5S. The van der Waals surface area contributed by atoms with Crippen molar-refractivity contribution >= 4 is 28.2 Å². The summed E-state index contributed by atoms with van der Waals surface area (Å²) in [7, 11) is 0. The minimum absolute atomic E-state index is 0.225. The van der Waals surface area contributed by atoms with E-state index in [4.69, 9.17) is 4.98 Å². The summed E-state index contributed by atoms with van der Waals surface area (Å²) < 4.78 is 0. The summed E-state index contributed by atoms with van der Waals surface area (Å²) in [5, 5.41) is 5.76. The third-order valence-corrected chi connectivity index (χ3v) is 5.35. The number of nitrogens with zero attached hydrogens (tertiary/aromatic N) is 4. The molecule has 0 bridgehead atoms. The Kier molecular flexibility index (Phi) is 3.49. The Morgan fingerprint density at radius 2 is 2.04 bits per heavy atom. The Morgan fingerprint density at radius 1 is 1.17 bits per heavy atom. The standard InChI is InChI=1S/C17H19N5S/c1-9-7-10(2)20-16-14(9)17(19-8-18-16)22-12-5-4-6-13-15(12)21-11(3)23-13/h7-8,12H,4-6H2,1-3H3,(H,18,19,20,22)/t12-/m1/s1. The largest absolute Gasteiger partial charge is 0.361 e. The summed E-state index contributed by atoms with van der Waals surface area (Å²) >= 11 is 1.82. The zero-order valence-corrected chi connectivity index (χ0v) is 14.4.